The molecule has 0 aliphatic carbocycles. The highest BCUT2D eigenvalue weighted by Gasteiger charge is 2.13. The number of rotatable bonds is 3. The third-order valence-electron chi connectivity index (χ3n) is 1.98. The third-order valence-corrected chi connectivity index (χ3v) is 1.98. The van der Waals surface area contributed by atoms with Crippen LogP contribution < -0.4 is 5.73 Å². The molecule has 1 atom stereocenters. The van der Waals surface area contributed by atoms with Crippen LogP contribution in [0, 0.1) is 11.6 Å². The second-order valence-electron chi connectivity index (χ2n) is 3.04. The lowest BCUT2D eigenvalue weighted by Gasteiger charge is -2.11. The molecule has 0 amide bonds. The molecule has 0 fully saturated rings. The summed E-state index contributed by atoms with van der Waals surface area (Å²) >= 11 is 0. The van der Waals surface area contributed by atoms with Crippen molar-refractivity contribution in [2.45, 2.75) is 25.8 Å². The van der Waals surface area contributed by atoms with Crippen molar-refractivity contribution in [2.24, 2.45) is 5.73 Å². The monoisotopic (exact) mass is 221 g/mol. The molecule has 1 aromatic carbocycles. The van der Waals surface area contributed by atoms with Crippen LogP contribution in [0.3, 0.4) is 0 Å². The van der Waals surface area contributed by atoms with Crippen LogP contribution in [0.15, 0.2) is 18.2 Å². The average molecular weight is 222 g/mol. The predicted molar refractivity (Wildman–Crippen MR) is 55.4 cm³/mol. The van der Waals surface area contributed by atoms with Crippen molar-refractivity contribution >= 4 is 12.4 Å². The van der Waals surface area contributed by atoms with Gasteiger partial charge in [-0.15, -0.1) is 12.4 Å². The Morgan fingerprint density at radius 2 is 2.00 bits per heavy atom. The maximum Gasteiger partial charge on any atom is 0.163 e. The summed E-state index contributed by atoms with van der Waals surface area (Å²) in [5, 5.41) is 0. The van der Waals surface area contributed by atoms with Crippen LogP contribution >= 0.6 is 12.4 Å². The molecule has 14 heavy (non-hydrogen) atoms. The van der Waals surface area contributed by atoms with Crippen LogP contribution in [0.2, 0.25) is 0 Å². The maximum absolute atomic E-state index is 13.1. The van der Waals surface area contributed by atoms with E-state index in [1.165, 1.54) is 12.1 Å². The standard InChI is InChI=1S/C10H13F2N.ClH/c1-2-4-9(13)7-5-3-6-8(11)10(7)12;/h3,5-6,9H,2,4,13H2,1H3;1H/t9-;/m0./s1. The molecule has 0 heterocycles. The lowest BCUT2D eigenvalue weighted by Crippen LogP contribution is -2.12. The molecule has 0 aliphatic heterocycles. The fourth-order valence-corrected chi connectivity index (χ4v) is 1.27. The van der Waals surface area contributed by atoms with E-state index in [1.54, 1.807) is 0 Å². The van der Waals surface area contributed by atoms with E-state index in [1.807, 2.05) is 6.92 Å². The first-order chi connectivity index (χ1) is 6.16. The molecule has 2 N–H and O–H groups in total. The van der Waals surface area contributed by atoms with E-state index in [-0.39, 0.29) is 18.0 Å². The van der Waals surface area contributed by atoms with Crippen molar-refractivity contribution < 1.29 is 8.78 Å². The molecule has 0 spiro atoms. The third kappa shape index (κ3) is 2.93. The fraction of sp³-hybridized carbons (Fsp3) is 0.400. The van der Waals surface area contributed by atoms with E-state index in [0.29, 0.717) is 6.42 Å². The molecule has 1 aromatic rings. The first-order valence-corrected chi connectivity index (χ1v) is 4.36. The Kier molecular flexibility index (Phi) is 5.65. The van der Waals surface area contributed by atoms with Crippen LogP contribution in [-0.2, 0) is 0 Å². The molecule has 0 aromatic heterocycles. The largest absolute Gasteiger partial charge is 0.324 e. The van der Waals surface area contributed by atoms with Gasteiger partial charge in [0.25, 0.3) is 0 Å². The Morgan fingerprint density at radius 1 is 1.36 bits per heavy atom. The lowest BCUT2D eigenvalue weighted by atomic mass is 10.0. The quantitative estimate of drug-likeness (QED) is 0.834. The summed E-state index contributed by atoms with van der Waals surface area (Å²) in [6.45, 7) is 1.96. The summed E-state index contributed by atoms with van der Waals surface area (Å²) < 4.78 is 25.9. The van der Waals surface area contributed by atoms with Crippen molar-refractivity contribution in [1.82, 2.24) is 0 Å². The molecule has 0 saturated carbocycles. The Morgan fingerprint density at radius 3 is 2.57 bits per heavy atom. The van der Waals surface area contributed by atoms with Crippen LogP contribution in [0.1, 0.15) is 31.4 Å². The van der Waals surface area contributed by atoms with Crippen molar-refractivity contribution in [1.29, 1.82) is 0 Å². The average Bonchev–Trinajstić information content (AvgIpc) is 2.10. The van der Waals surface area contributed by atoms with Gasteiger partial charge in [-0.05, 0) is 12.5 Å². The minimum absolute atomic E-state index is 0. The Balaban J connectivity index is 0.00000169. The van der Waals surface area contributed by atoms with Crippen molar-refractivity contribution in [3.05, 3.63) is 35.4 Å². The molecule has 0 bridgehead atoms. The predicted octanol–water partition coefficient (Wildman–Crippen LogP) is 3.19. The summed E-state index contributed by atoms with van der Waals surface area (Å²) in [6, 6.07) is 3.69. The Bertz CT molecular complexity index is 291. The smallest absolute Gasteiger partial charge is 0.163 e. The highest BCUT2D eigenvalue weighted by molar-refractivity contribution is 5.85. The van der Waals surface area contributed by atoms with E-state index in [4.69, 9.17) is 5.73 Å². The van der Waals surface area contributed by atoms with E-state index in [0.717, 1.165) is 12.5 Å². The van der Waals surface area contributed by atoms with Gasteiger partial charge in [-0.3, -0.25) is 0 Å². The van der Waals surface area contributed by atoms with Gasteiger partial charge < -0.3 is 5.73 Å². The van der Waals surface area contributed by atoms with Gasteiger partial charge in [0.1, 0.15) is 0 Å². The van der Waals surface area contributed by atoms with E-state index < -0.39 is 17.7 Å². The summed E-state index contributed by atoms with van der Waals surface area (Å²) in [6.07, 6.45) is 1.53. The highest BCUT2D eigenvalue weighted by Crippen LogP contribution is 2.20. The number of nitrogens with two attached hydrogens (primary N) is 1. The second-order valence-corrected chi connectivity index (χ2v) is 3.04. The van der Waals surface area contributed by atoms with Gasteiger partial charge >= 0.3 is 0 Å². The fourth-order valence-electron chi connectivity index (χ4n) is 1.27. The summed E-state index contributed by atoms with van der Waals surface area (Å²) in [4.78, 5) is 0. The lowest BCUT2D eigenvalue weighted by molar-refractivity contribution is 0.482. The van der Waals surface area contributed by atoms with E-state index >= 15 is 0 Å². The molecule has 1 rings (SSSR count). The second kappa shape index (κ2) is 5.94. The number of benzene rings is 1. The van der Waals surface area contributed by atoms with Crippen molar-refractivity contribution in [3.63, 3.8) is 0 Å². The number of halogens is 3. The summed E-state index contributed by atoms with van der Waals surface area (Å²) in [5.41, 5.74) is 5.93. The molecule has 80 valence electrons. The van der Waals surface area contributed by atoms with Gasteiger partial charge in [-0.25, -0.2) is 8.78 Å². The van der Waals surface area contributed by atoms with E-state index in [2.05, 4.69) is 0 Å². The normalized spacial score (nSPS) is 12.0. The van der Waals surface area contributed by atoms with Gasteiger partial charge in [0.05, 0.1) is 0 Å². The van der Waals surface area contributed by atoms with Gasteiger partial charge in [0, 0.05) is 11.6 Å². The Labute approximate surface area is 88.7 Å². The van der Waals surface area contributed by atoms with Gasteiger partial charge in [0.15, 0.2) is 11.6 Å². The zero-order valence-corrected chi connectivity index (χ0v) is 8.78. The molecule has 0 radical (unpaired) electrons. The van der Waals surface area contributed by atoms with Gasteiger partial charge in [-0.1, -0.05) is 25.5 Å². The van der Waals surface area contributed by atoms with Crippen molar-refractivity contribution in [3.8, 4) is 0 Å². The van der Waals surface area contributed by atoms with Crippen LogP contribution in [0.5, 0.6) is 0 Å². The first kappa shape index (κ1) is 13.3. The topological polar surface area (TPSA) is 26.0 Å². The zero-order valence-electron chi connectivity index (χ0n) is 7.97. The SMILES string of the molecule is CCC[C@H](N)c1cccc(F)c1F.Cl. The summed E-state index contributed by atoms with van der Waals surface area (Å²) in [7, 11) is 0. The van der Waals surface area contributed by atoms with Crippen LogP contribution in [0.25, 0.3) is 0 Å². The summed E-state index contributed by atoms with van der Waals surface area (Å²) in [5.74, 6) is -1.65. The number of hydrogen-bond acceptors (Lipinski definition) is 1. The van der Waals surface area contributed by atoms with Gasteiger partial charge in [-0.2, -0.15) is 0 Å². The Hall–Kier alpha value is -0.670. The molecule has 1 nitrogen and oxygen atoms in total. The molecular formula is C10H14ClF2N. The molecule has 0 saturated heterocycles. The highest BCUT2D eigenvalue weighted by atomic mass is 35.5. The maximum atomic E-state index is 13.1. The van der Waals surface area contributed by atoms with Gasteiger partial charge in [0.2, 0.25) is 0 Å². The molecule has 0 aliphatic rings. The first-order valence-electron chi connectivity index (χ1n) is 4.36. The minimum Gasteiger partial charge on any atom is -0.324 e. The molecule has 4 heteroatoms. The minimum atomic E-state index is -0.830. The van der Waals surface area contributed by atoms with Crippen LogP contribution in [-0.4, -0.2) is 0 Å². The number of hydrogen-bond donors (Lipinski definition) is 1. The van der Waals surface area contributed by atoms with E-state index in [9.17, 15) is 8.78 Å². The molecule has 0 unspecified atom stereocenters. The zero-order chi connectivity index (χ0) is 9.84. The van der Waals surface area contributed by atoms with Crippen LogP contribution in [0.4, 0.5) is 8.78 Å². The van der Waals surface area contributed by atoms with Crippen molar-refractivity contribution in [2.75, 3.05) is 0 Å². The molecular weight excluding hydrogens is 208 g/mol.